The zero-order valence-electron chi connectivity index (χ0n) is 13.0. The number of nitrogens with two attached hydrogens (primary N) is 1. The molecule has 0 saturated heterocycles. The van der Waals surface area contributed by atoms with Crippen molar-refractivity contribution in [2.45, 2.75) is 32.7 Å². The van der Waals surface area contributed by atoms with Gasteiger partial charge >= 0.3 is 0 Å². The third kappa shape index (κ3) is 3.79. The van der Waals surface area contributed by atoms with Crippen LogP contribution in [0.25, 0.3) is 0 Å². The smallest absolute Gasteiger partial charge is 0.253 e. The van der Waals surface area contributed by atoms with Crippen LogP contribution in [0.5, 0.6) is 5.75 Å². The molecule has 0 bridgehead atoms. The Balaban J connectivity index is 1.95. The van der Waals surface area contributed by atoms with Gasteiger partial charge in [0.2, 0.25) is 0 Å². The monoisotopic (exact) mass is 298 g/mol. The summed E-state index contributed by atoms with van der Waals surface area (Å²) in [6.45, 7) is 3.71. The number of rotatable bonds is 5. The van der Waals surface area contributed by atoms with Crippen LogP contribution in [0.1, 0.15) is 34.8 Å². The number of carbonyl (C=O) groups is 1. The van der Waals surface area contributed by atoms with E-state index in [0.29, 0.717) is 11.1 Å². The third-order valence-corrected chi connectivity index (χ3v) is 3.75. The molecule has 2 aromatic rings. The van der Waals surface area contributed by atoms with Crippen molar-refractivity contribution in [3.63, 3.8) is 0 Å². The Labute approximate surface area is 131 Å². The summed E-state index contributed by atoms with van der Waals surface area (Å²) in [5.74, 6) is -0.280. The van der Waals surface area contributed by atoms with Gasteiger partial charge < -0.3 is 16.2 Å². The van der Waals surface area contributed by atoms with E-state index in [9.17, 15) is 9.90 Å². The number of benzene rings is 2. The first kappa shape index (κ1) is 15.9. The molecule has 0 fully saturated rings. The van der Waals surface area contributed by atoms with Gasteiger partial charge in [0, 0.05) is 6.04 Å². The molecule has 4 heteroatoms. The third-order valence-electron chi connectivity index (χ3n) is 3.75. The SMILES string of the molecule is Cc1ccc(C(=O)NC(C)CCc2ccccc2)c(N)c1O. The van der Waals surface area contributed by atoms with Crippen molar-refractivity contribution in [3.05, 3.63) is 59.2 Å². The number of nitrogen functional groups attached to an aromatic ring is 1. The average molecular weight is 298 g/mol. The van der Waals surface area contributed by atoms with Crippen LogP contribution in [-0.4, -0.2) is 17.1 Å². The molecule has 2 rings (SSSR count). The largest absolute Gasteiger partial charge is 0.505 e. The number of hydrogen-bond donors (Lipinski definition) is 3. The maximum atomic E-state index is 12.2. The Morgan fingerprint density at radius 3 is 2.59 bits per heavy atom. The lowest BCUT2D eigenvalue weighted by Crippen LogP contribution is -2.33. The topological polar surface area (TPSA) is 75.4 Å². The van der Waals surface area contributed by atoms with E-state index in [1.807, 2.05) is 25.1 Å². The first-order chi connectivity index (χ1) is 10.5. The van der Waals surface area contributed by atoms with E-state index in [1.165, 1.54) is 5.56 Å². The molecule has 1 amide bonds. The van der Waals surface area contributed by atoms with E-state index < -0.39 is 0 Å². The highest BCUT2D eigenvalue weighted by molar-refractivity contribution is 6.00. The van der Waals surface area contributed by atoms with Crippen molar-refractivity contribution in [2.75, 3.05) is 5.73 Å². The number of phenols is 1. The molecule has 1 atom stereocenters. The van der Waals surface area contributed by atoms with Gasteiger partial charge in [0.05, 0.1) is 11.3 Å². The molecule has 0 aliphatic carbocycles. The molecule has 0 heterocycles. The molecule has 0 aliphatic heterocycles. The molecule has 0 aromatic heterocycles. The maximum Gasteiger partial charge on any atom is 0.253 e. The van der Waals surface area contributed by atoms with Crippen LogP contribution in [0.15, 0.2) is 42.5 Å². The lowest BCUT2D eigenvalue weighted by molar-refractivity contribution is 0.0939. The van der Waals surface area contributed by atoms with Crippen molar-refractivity contribution < 1.29 is 9.90 Å². The Hall–Kier alpha value is -2.49. The number of nitrogens with one attached hydrogen (secondary N) is 1. The van der Waals surface area contributed by atoms with Crippen molar-refractivity contribution in [3.8, 4) is 5.75 Å². The zero-order valence-corrected chi connectivity index (χ0v) is 13.0. The number of carbonyl (C=O) groups excluding carboxylic acids is 1. The molecule has 0 radical (unpaired) electrons. The lowest BCUT2D eigenvalue weighted by Gasteiger charge is -2.15. The second kappa shape index (κ2) is 6.98. The summed E-state index contributed by atoms with van der Waals surface area (Å²) in [4.78, 5) is 12.2. The zero-order chi connectivity index (χ0) is 16.1. The molecular formula is C18H22N2O2. The number of phenolic OH excluding ortho intramolecular Hbond substituents is 1. The fourth-order valence-electron chi connectivity index (χ4n) is 2.32. The quantitative estimate of drug-likeness (QED) is 0.586. The van der Waals surface area contributed by atoms with Gasteiger partial charge in [0.25, 0.3) is 5.91 Å². The van der Waals surface area contributed by atoms with Crippen LogP contribution in [0.3, 0.4) is 0 Å². The Morgan fingerprint density at radius 1 is 1.23 bits per heavy atom. The highest BCUT2D eigenvalue weighted by atomic mass is 16.3. The Bertz CT molecular complexity index is 654. The van der Waals surface area contributed by atoms with Gasteiger partial charge in [-0.1, -0.05) is 36.4 Å². The van der Waals surface area contributed by atoms with Crippen LogP contribution in [0.2, 0.25) is 0 Å². The maximum absolute atomic E-state index is 12.2. The molecular weight excluding hydrogens is 276 g/mol. The van der Waals surface area contributed by atoms with Gasteiger partial charge in [-0.15, -0.1) is 0 Å². The van der Waals surface area contributed by atoms with E-state index in [-0.39, 0.29) is 23.4 Å². The van der Waals surface area contributed by atoms with E-state index in [0.717, 1.165) is 12.8 Å². The molecule has 0 aliphatic rings. The summed E-state index contributed by atoms with van der Waals surface area (Å²) in [5, 5.41) is 12.7. The average Bonchev–Trinajstić information content (AvgIpc) is 2.51. The number of anilines is 1. The standard InChI is InChI=1S/C18H22N2O2/c1-12-8-11-15(16(19)17(12)21)18(22)20-13(2)9-10-14-6-4-3-5-7-14/h3-8,11,13,21H,9-10,19H2,1-2H3,(H,20,22). The van der Waals surface area contributed by atoms with Gasteiger partial charge in [-0.3, -0.25) is 4.79 Å². The van der Waals surface area contributed by atoms with Crippen LogP contribution in [-0.2, 0) is 6.42 Å². The minimum absolute atomic E-state index is 0.0235. The summed E-state index contributed by atoms with van der Waals surface area (Å²) in [7, 11) is 0. The number of aryl methyl sites for hydroxylation is 2. The van der Waals surface area contributed by atoms with Gasteiger partial charge in [-0.05, 0) is 43.9 Å². The first-order valence-electron chi connectivity index (χ1n) is 7.42. The molecule has 0 spiro atoms. The Kier molecular flexibility index (Phi) is 5.04. The fraction of sp³-hybridized carbons (Fsp3) is 0.278. The molecule has 2 aromatic carbocycles. The second-order valence-electron chi connectivity index (χ2n) is 5.59. The fourth-order valence-corrected chi connectivity index (χ4v) is 2.32. The van der Waals surface area contributed by atoms with Crippen molar-refractivity contribution >= 4 is 11.6 Å². The van der Waals surface area contributed by atoms with E-state index in [1.54, 1.807) is 19.1 Å². The van der Waals surface area contributed by atoms with Crippen molar-refractivity contribution in [1.29, 1.82) is 0 Å². The van der Waals surface area contributed by atoms with Crippen LogP contribution < -0.4 is 11.1 Å². The predicted molar refractivity (Wildman–Crippen MR) is 88.9 cm³/mol. The number of amides is 1. The summed E-state index contributed by atoms with van der Waals surface area (Å²) >= 11 is 0. The van der Waals surface area contributed by atoms with E-state index in [4.69, 9.17) is 5.73 Å². The van der Waals surface area contributed by atoms with Crippen LogP contribution in [0.4, 0.5) is 5.69 Å². The van der Waals surface area contributed by atoms with Gasteiger partial charge in [-0.2, -0.15) is 0 Å². The van der Waals surface area contributed by atoms with Crippen LogP contribution >= 0.6 is 0 Å². The normalized spacial score (nSPS) is 11.9. The van der Waals surface area contributed by atoms with Gasteiger partial charge in [-0.25, -0.2) is 0 Å². The number of hydrogen-bond acceptors (Lipinski definition) is 3. The van der Waals surface area contributed by atoms with Crippen molar-refractivity contribution in [1.82, 2.24) is 5.32 Å². The molecule has 4 nitrogen and oxygen atoms in total. The second-order valence-corrected chi connectivity index (χ2v) is 5.59. The van der Waals surface area contributed by atoms with E-state index >= 15 is 0 Å². The first-order valence-corrected chi connectivity index (χ1v) is 7.42. The summed E-state index contributed by atoms with van der Waals surface area (Å²) in [5.41, 5.74) is 8.17. The number of aromatic hydroxyl groups is 1. The minimum Gasteiger partial charge on any atom is -0.505 e. The highest BCUT2D eigenvalue weighted by Crippen LogP contribution is 2.27. The lowest BCUT2D eigenvalue weighted by atomic mass is 10.0. The highest BCUT2D eigenvalue weighted by Gasteiger charge is 2.15. The van der Waals surface area contributed by atoms with Crippen molar-refractivity contribution in [2.24, 2.45) is 0 Å². The molecule has 0 saturated carbocycles. The molecule has 22 heavy (non-hydrogen) atoms. The minimum atomic E-state index is -0.256. The molecule has 1 unspecified atom stereocenters. The molecule has 4 N–H and O–H groups in total. The Morgan fingerprint density at radius 2 is 1.91 bits per heavy atom. The van der Waals surface area contributed by atoms with E-state index in [2.05, 4.69) is 17.4 Å². The van der Waals surface area contributed by atoms with Gasteiger partial charge in [0.1, 0.15) is 5.75 Å². The molecule has 116 valence electrons. The van der Waals surface area contributed by atoms with Gasteiger partial charge in [0.15, 0.2) is 0 Å². The predicted octanol–water partition coefficient (Wildman–Crippen LogP) is 3.03. The summed E-state index contributed by atoms with van der Waals surface area (Å²) < 4.78 is 0. The van der Waals surface area contributed by atoms with Crippen LogP contribution in [0, 0.1) is 6.92 Å². The summed E-state index contributed by atoms with van der Waals surface area (Å²) in [6.07, 6.45) is 1.74. The summed E-state index contributed by atoms with van der Waals surface area (Å²) in [6, 6.07) is 13.5.